The van der Waals surface area contributed by atoms with Crippen molar-refractivity contribution in [1.82, 2.24) is 0 Å². The average Bonchev–Trinajstić information content (AvgIpc) is 2.41. The molecule has 0 aromatic heterocycles. The Hall–Kier alpha value is -3.16. The molecule has 0 bridgehead atoms. The number of hydrogen-bond acceptors (Lipinski definition) is 6. The van der Waals surface area contributed by atoms with Crippen LogP contribution >= 0.6 is 0 Å². The first-order valence-corrected chi connectivity index (χ1v) is 5.37. The number of phenols is 1. The lowest BCUT2D eigenvalue weighted by atomic mass is 10.2. The van der Waals surface area contributed by atoms with Gasteiger partial charge in [0.15, 0.2) is 5.75 Å². The molecule has 102 valence electrons. The summed E-state index contributed by atoms with van der Waals surface area (Å²) in [6.45, 7) is 0. The smallest absolute Gasteiger partial charge is 0.314 e. The molecule has 0 unspecified atom stereocenters. The van der Waals surface area contributed by atoms with Gasteiger partial charge in [0.05, 0.1) is 15.9 Å². The minimum Gasteiger partial charge on any atom is -0.502 e. The van der Waals surface area contributed by atoms with E-state index in [1.165, 1.54) is 30.3 Å². The van der Waals surface area contributed by atoms with Crippen LogP contribution in [0.3, 0.4) is 0 Å². The lowest BCUT2D eigenvalue weighted by Crippen LogP contribution is -1.94. The van der Waals surface area contributed by atoms with E-state index < -0.39 is 21.3 Å². The Kier molecular flexibility index (Phi) is 3.47. The summed E-state index contributed by atoms with van der Waals surface area (Å²) < 4.78 is 5.26. The Balaban J connectivity index is 2.38. The lowest BCUT2D eigenvalue weighted by molar-refractivity contribution is -0.386. The third kappa shape index (κ3) is 2.64. The molecule has 0 heterocycles. The van der Waals surface area contributed by atoms with Gasteiger partial charge in [0.2, 0.25) is 5.75 Å². The largest absolute Gasteiger partial charge is 0.502 e. The van der Waals surface area contributed by atoms with Crippen molar-refractivity contribution in [2.45, 2.75) is 0 Å². The number of para-hydroxylation sites is 2. The fourth-order valence-corrected chi connectivity index (χ4v) is 1.53. The standard InChI is InChI=1S/C12H8N2O6/c15-11-6-5-8(7-10(11)14(18)19)20-12-4-2-1-3-9(12)13(16)17/h1-7,15H. The summed E-state index contributed by atoms with van der Waals surface area (Å²) >= 11 is 0. The van der Waals surface area contributed by atoms with Gasteiger partial charge < -0.3 is 9.84 Å². The fraction of sp³-hybridized carbons (Fsp3) is 0. The van der Waals surface area contributed by atoms with E-state index in [4.69, 9.17) is 4.74 Å². The minimum atomic E-state index is -0.776. The number of ether oxygens (including phenoxy) is 1. The first kappa shape index (κ1) is 13.3. The van der Waals surface area contributed by atoms with Gasteiger partial charge in [0, 0.05) is 6.07 Å². The molecule has 2 aromatic carbocycles. The predicted molar refractivity (Wildman–Crippen MR) is 67.9 cm³/mol. The van der Waals surface area contributed by atoms with E-state index in [0.717, 1.165) is 12.1 Å². The molecule has 20 heavy (non-hydrogen) atoms. The van der Waals surface area contributed by atoms with Crippen molar-refractivity contribution >= 4 is 11.4 Å². The molecule has 0 atom stereocenters. The molecule has 2 rings (SSSR count). The SMILES string of the molecule is O=[N+]([O-])c1cc(Oc2ccccc2[N+](=O)[O-])ccc1O. The van der Waals surface area contributed by atoms with Crippen LogP contribution in [0.4, 0.5) is 11.4 Å². The molecule has 0 aliphatic heterocycles. The van der Waals surface area contributed by atoms with Crippen molar-refractivity contribution in [3.8, 4) is 17.2 Å². The van der Waals surface area contributed by atoms with Crippen molar-refractivity contribution in [1.29, 1.82) is 0 Å². The number of hydrogen-bond donors (Lipinski definition) is 1. The highest BCUT2D eigenvalue weighted by Gasteiger charge is 2.18. The number of nitro benzene ring substituents is 2. The van der Waals surface area contributed by atoms with E-state index >= 15 is 0 Å². The molecule has 1 N–H and O–H groups in total. The Bertz CT molecular complexity index is 685. The quantitative estimate of drug-likeness (QED) is 0.677. The van der Waals surface area contributed by atoms with E-state index in [1.54, 1.807) is 0 Å². The molecule has 0 aliphatic rings. The zero-order valence-electron chi connectivity index (χ0n) is 9.92. The molecule has 2 aromatic rings. The van der Waals surface area contributed by atoms with E-state index in [0.29, 0.717) is 0 Å². The minimum absolute atomic E-state index is 0.0174. The summed E-state index contributed by atoms with van der Waals surface area (Å²) in [7, 11) is 0. The van der Waals surface area contributed by atoms with E-state index in [1.807, 2.05) is 0 Å². The van der Waals surface area contributed by atoms with Crippen LogP contribution in [0, 0.1) is 20.2 Å². The normalized spacial score (nSPS) is 10.0. The van der Waals surface area contributed by atoms with Gasteiger partial charge in [0.25, 0.3) is 0 Å². The molecule has 0 saturated carbocycles. The second-order valence-corrected chi connectivity index (χ2v) is 3.73. The number of nitrogens with zero attached hydrogens (tertiary/aromatic N) is 2. The van der Waals surface area contributed by atoms with Crippen LogP contribution < -0.4 is 4.74 Å². The summed E-state index contributed by atoms with van der Waals surface area (Å²) in [5.74, 6) is -0.536. The molecular weight excluding hydrogens is 268 g/mol. The highest BCUT2D eigenvalue weighted by atomic mass is 16.6. The first-order valence-electron chi connectivity index (χ1n) is 5.37. The molecule has 8 nitrogen and oxygen atoms in total. The highest BCUT2D eigenvalue weighted by molar-refractivity contribution is 5.53. The molecule has 0 radical (unpaired) electrons. The third-order valence-electron chi connectivity index (χ3n) is 2.43. The van der Waals surface area contributed by atoms with Crippen molar-refractivity contribution in [2.75, 3.05) is 0 Å². The zero-order valence-corrected chi connectivity index (χ0v) is 9.92. The van der Waals surface area contributed by atoms with Gasteiger partial charge in [-0.3, -0.25) is 20.2 Å². The van der Waals surface area contributed by atoms with Crippen molar-refractivity contribution in [2.24, 2.45) is 0 Å². The van der Waals surface area contributed by atoms with Gasteiger partial charge >= 0.3 is 11.4 Å². The average molecular weight is 276 g/mol. The Morgan fingerprint density at radius 2 is 1.60 bits per heavy atom. The van der Waals surface area contributed by atoms with Gasteiger partial charge in [0.1, 0.15) is 5.75 Å². The maximum absolute atomic E-state index is 10.8. The summed E-state index contributed by atoms with van der Waals surface area (Å²) in [6, 6.07) is 9.00. The van der Waals surface area contributed by atoms with Crippen LogP contribution in [-0.4, -0.2) is 15.0 Å². The summed E-state index contributed by atoms with van der Waals surface area (Å²) in [4.78, 5) is 20.1. The van der Waals surface area contributed by atoms with Crippen molar-refractivity contribution in [3.63, 3.8) is 0 Å². The lowest BCUT2D eigenvalue weighted by Gasteiger charge is -2.06. The maximum atomic E-state index is 10.8. The zero-order chi connectivity index (χ0) is 14.7. The van der Waals surface area contributed by atoms with Gasteiger partial charge in [-0.25, -0.2) is 0 Å². The van der Waals surface area contributed by atoms with Gasteiger partial charge in [-0.15, -0.1) is 0 Å². The van der Waals surface area contributed by atoms with Gasteiger partial charge in [-0.1, -0.05) is 12.1 Å². The second kappa shape index (κ2) is 5.22. The van der Waals surface area contributed by atoms with Crippen molar-refractivity contribution in [3.05, 3.63) is 62.7 Å². The number of rotatable bonds is 4. The molecule has 0 spiro atoms. The van der Waals surface area contributed by atoms with Crippen LogP contribution in [0.1, 0.15) is 0 Å². The molecule has 0 aliphatic carbocycles. The number of aromatic hydroxyl groups is 1. The number of nitro groups is 2. The summed E-state index contributed by atoms with van der Waals surface area (Å²) in [5, 5.41) is 30.8. The van der Waals surface area contributed by atoms with Crippen LogP contribution in [-0.2, 0) is 0 Å². The van der Waals surface area contributed by atoms with Crippen LogP contribution in [0.5, 0.6) is 17.2 Å². The van der Waals surface area contributed by atoms with Crippen LogP contribution in [0.25, 0.3) is 0 Å². The summed E-state index contributed by atoms with van der Waals surface area (Å²) in [6.07, 6.45) is 0. The Morgan fingerprint density at radius 3 is 2.25 bits per heavy atom. The van der Waals surface area contributed by atoms with E-state index in [9.17, 15) is 25.3 Å². The monoisotopic (exact) mass is 276 g/mol. The second-order valence-electron chi connectivity index (χ2n) is 3.73. The Labute approximate surface area is 112 Å². The molecule has 0 fully saturated rings. The van der Waals surface area contributed by atoms with Gasteiger partial charge in [-0.05, 0) is 18.2 Å². The van der Waals surface area contributed by atoms with E-state index in [-0.39, 0.29) is 17.2 Å². The molecular formula is C12H8N2O6. The van der Waals surface area contributed by atoms with Crippen LogP contribution in [0.15, 0.2) is 42.5 Å². The number of phenolic OH excluding ortho intramolecular Hbond substituents is 1. The Morgan fingerprint density at radius 1 is 0.950 bits per heavy atom. The maximum Gasteiger partial charge on any atom is 0.314 e. The van der Waals surface area contributed by atoms with Crippen molar-refractivity contribution < 1.29 is 19.7 Å². The third-order valence-corrected chi connectivity index (χ3v) is 2.43. The molecule has 8 heteroatoms. The topological polar surface area (TPSA) is 116 Å². The highest BCUT2D eigenvalue weighted by Crippen LogP contribution is 2.35. The fourth-order valence-electron chi connectivity index (χ4n) is 1.53. The summed E-state index contributed by atoms with van der Waals surface area (Å²) in [5.41, 5.74) is -0.802. The number of benzene rings is 2. The van der Waals surface area contributed by atoms with E-state index in [2.05, 4.69) is 0 Å². The molecule has 0 saturated heterocycles. The van der Waals surface area contributed by atoms with Gasteiger partial charge in [-0.2, -0.15) is 0 Å². The first-order chi connectivity index (χ1) is 9.49. The van der Waals surface area contributed by atoms with Crippen LogP contribution in [0.2, 0.25) is 0 Å². The molecule has 0 amide bonds. The predicted octanol–water partition coefficient (Wildman–Crippen LogP) is 3.00.